The van der Waals surface area contributed by atoms with Gasteiger partial charge in [0.15, 0.2) is 0 Å². The van der Waals surface area contributed by atoms with Gasteiger partial charge in [0.25, 0.3) is 0 Å². The van der Waals surface area contributed by atoms with E-state index in [9.17, 15) is 14.2 Å². The number of hydrogen-bond donors (Lipinski definition) is 0. The van der Waals surface area contributed by atoms with Gasteiger partial charge in [-0.3, -0.25) is 13.8 Å². The van der Waals surface area contributed by atoms with E-state index in [1.807, 2.05) is 0 Å². The number of anilines is 1. The standard InChI is InChI=1S/C14H20NO6P/c1-5-20-22(18,21-6-2)15(11(3)16)13-9-7-12(8-10-13)14(17)19-4/h7-10H,5-6H2,1-4H3. The summed E-state index contributed by atoms with van der Waals surface area (Å²) in [6.45, 7) is 4.83. The molecule has 1 aromatic rings. The van der Waals surface area contributed by atoms with Crippen LogP contribution in [0.2, 0.25) is 0 Å². The van der Waals surface area contributed by atoms with Crippen LogP contribution in [-0.2, 0) is 23.1 Å². The third-order valence-electron chi connectivity index (χ3n) is 2.66. The average molecular weight is 329 g/mol. The van der Waals surface area contributed by atoms with Gasteiger partial charge in [-0.05, 0) is 38.1 Å². The van der Waals surface area contributed by atoms with Crippen LogP contribution in [0.1, 0.15) is 31.1 Å². The number of carbonyl (C=O) groups is 2. The Labute approximate surface area is 129 Å². The first kappa shape index (κ1) is 18.4. The quantitative estimate of drug-likeness (QED) is 0.565. The number of carbonyl (C=O) groups excluding carboxylic acids is 2. The number of hydrogen-bond acceptors (Lipinski definition) is 6. The highest BCUT2D eigenvalue weighted by molar-refractivity contribution is 7.56. The van der Waals surface area contributed by atoms with Crippen LogP contribution in [0, 0.1) is 0 Å². The highest BCUT2D eigenvalue weighted by Gasteiger charge is 2.36. The van der Waals surface area contributed by atoms with Gasteiger partial charge >= 0.3 is 13.7 Å². The number of ether oxygens (including phenoxy) is 1. The van der Waals surface area contributed by atoms with E-state index in [2.05, 4.69) is 4.74 Å². The molecule has 1 amide bonds. The lowest BCUT2D eigenvalue weighted by atomic mass is 10.2. The van der Waals surface area contributed by atoms with Gasteiger partial charge in [0, 0.05) is 6.92 Å². The molecule has 0 aliphatic carbocycles. The van der Waals surface area contributed by atoms with Crippen molar-refractivity contribution in [2.24, 2.45) is 0 Å². The maximum absolute atomic E-state index is 12.8. The third-order valence-corrected chi connectivity index (χ3v) is 4.83. The van der Waals surface area contributed by atoms with Crippen LogP contribution >= 0.6 is 7.75 Å². The van der Waals surface area contributed by atoms with Gasteiger partial charge in [-0.2, -0.15) is 0 Å². The number of nitrogens with zero attached hydrogens (tertiary/aromatic N) is 1. The molecule has 1 aromatic carbocycles. The fourth-order valence-corrected chi connectivity index (χ4v) is 3.55. The molecule has 0 aromatic heterocycles. The molecule has 0 heterocycles. The molecule has 0 fully saturated rings. The Morgan fingerprint density at radius 2 is 1.59 bits per heavy atom. The molecule has 0 aliphatic rings. The van der Waals surface area contributed by atoms with E-state index in [-0.39, 0.29) is 13.2 Å². The molecule has 7 nitrogen and oxygen atoms in total. The van der Waals surface area contributed by atoms with E-state index in [1.165, 1.54) is 38.3 Å². The van der Waals surface area contributed by atoms with E-state index in [1.54, 1.807) is 13.8 Å². The van der Waals surface area contributed by atoms with Crippen molar-refractivity contribution in [3.8, 4) is 0 Å². The molecule has 0 atom stereocenters. The minimum atomic E-state index is -3.79. The Balaban J connectivity index is 3.22. The molecule has 0 saturated carbocycles. The van der Waals surface area contributed by atoms with E-state index < -0.39 is 19.6 Å². The van der Waals surface area contributed by atoms with Crippen molar-refractivity contribution in [3.05, 3.63) is 29.8 Å². The number of esters is 1. The monoisotopic (exact) mass is 329 g/mol. The second kappa shape index (κ2) is 8.08. The molecule has 0 radical (unpaired) electrons. The Bertz CT molecular complexity index is 561. The summed E-state index contributed by atoms with van der Waals surface area (Å²) in [6.07, 6.45) is 0. The fraction of sp³-hybridized carbons (Fsp3) is 0.429. The second-order valence-corrected chi connectivity index (χ2v) is 6.03. The van der Waals surface area contributed by atoms with Crippen LogP contribution < -0.4 is 4.67 Å². The zero-order valence-electron chi connectivity index (χ0n) is 13.1. The molecular weight excluding hydrogens is 309 g/mol. The van der Waals surface area contributed by atoms with Crippen LogP contribution in [0.3, 0.4) is 0 Å². The summed E-state index contributed by atoms with van der Waals surface area (Å²) in [6, 6.07) is 5.91. The lowest BCUT2D eigenvalue weighted by Crippen LogP contribution is -2.27. The van der Waals surface area contributed by atoms with Crippen molar-refractivity contribution in [2.75, 3.05) is 25.0 Å². The number of rotatable bonds is 7. The highest BCUT2D eigenvalue weighted by atomic mass is 31.2. The molecule has 0 spiro atoms. The molecular formula is C14H20NO6P. The van der Waals surface area contributed by atoms with Crippen molar-refractivity contribution < 1.29 is 27.9 Å². The van der Waals surface area contributed by atoms with Gasteiger partial charge in [0.05, 0.1) is 31.6 Å². The van der Waals surface area contributed by atoms with Crippen LogP contribution in [0.25, 0.3) is 0 Å². The normalized spacial score (nSPS) is 11.1. The first-order valence-electron chi connectivity index (χ1n) is 6.78. The Morgan fingerprint density at radius 3 is 1.95 bits per heavy atom. The summed E-state index contributed by atoms with van der Waals surface area (Å²) in [5, 5.41) is 0. The summed E-state index contributed by atoms with van der Waals surface area (Å²) in [5.74, 6) is -0.991. The van der Waals surface area contributed by atoms with Crippen molar-refractivity contribution >= 4 is 25.3 Å². The Kier molecular flexibility index (Phi) is 6.74. The molecule has 0 unspecified atom stereocenters. The first-order chi connectivity index (χ1) is 10.4. The molecule has 0 N–H and O–H groups in total. The summed E-state index contributed by atoms with van der Waals surface area (Å²) < 4.78 is 28.8. The number of methoxy groups -OCH3 is 1. The average Bonchev–Trinajstić information content (AvgIpc) is 2.47. The summed E-state index contributed by atoms with van der Waals surface area (Å²) in [4.78, 5) is 23.3. The van der Waals surface area contributed by atoms with Gasteiger partial charge in [0.1, 0.15) is 0 Å². The molecule has 22 heavy (non-hydrogen) atoms. The smallest absolute Gasteiger partial charge is 0.442 e. The predicted octanol–water partition coefficient (Wildman–Crippen LogP) is 3.01. The molecule has 0 saturated heterocycles. The van der Waals surface area contributed by atoms with Crippen LogP contribution in [0.5, 0.6) is 0 Å². The van der Waals surface area contributed by atoms with Crippen molar-refractivity contribution in [2.45, 2.75) is 20.8 Å². The van der Waals surface area contributed by atoms with Crippen LogP contribution in [0.4, 0.5) is 5.69 Å². The Hall–Kier alpha value is -1.69. The molecule has 8 heteroatoms. The Morgan fingerprint density at radius 1 is 1.09 bits per heavy atom. The highest BCUT2D eigenvalue weighted by Crippen LogP contribution is 2.54. The fourth-order valence-electron chi connectivity index (χ4n) is 1.83. The van der Waals surface area contributed by atoms with E-state index in [0.29, 0.717) is 11.3 Å². The topological polar surface area (TPSA) is 82.1 Å². The first-order valence-corrected chi connectivity index (χ1v) is 8.27. The lowest BCUT2D eigenvalue weighted by Gasteiger charge is -2.28. The number of benzene rings is 1. The van der Waals surface area contributed by atoms with E-state index in [0.717, 1.165) is 4.67 Å². The SMILES string of the molecule is CCOP(=O)(OCC)N(C(C)=O)c1ccc(C(=O)OC)cc1. The number of amides is 1. The molecule has 122 valence electrons. The summed E-state index contributed by atoms with van der Waals surface area (Å²) >= 11 is 0. The van der Waals surface area contributed by atoms with Gasteiger partial charge < -0.3 is 4.74 Å². The van der Waals surface area contributed by atoms with Gasteiger partial charge in [-0.15, -0.1) is 0 Å². The van der Waals surface area contributed by atoms with Crippen molar-refractivity contribution in [1.82, 2.24) is 0 Å². The molecule has 0 bridgehead atoms. The van der Waals surface area contributed by atoms with Gasteiger partial charge in [-0.1, -0.05) is 0 Å². The van der Waals surface area contributed by atoms with Crippen LogP contribution in [-0.4, -0.2) is 32.2 Å². The molecule has 1 rings (SSSR count). The van der Waals surface area contributed by atoms with Gasteiger partial charge in [0.2, 0.25) is 5.91 Å². The largest absolute Gasteiger partial charge is 0.465 e. The zero-order valence-corrected chi connectivity index (χ0v) is 14.0. The predicted molar refractivity (Wildman–Crippen MR) is 81.8 cm³/mol. The van der Waals surface area contributed by atoms with Crippen molar-refractivity contribution in [1.29, 1.82) is 0 Å². The zero-order chi connectivity index (χ0) is 16.8. The third kappa shape index (κ3) is 4.16. The lowest BCUT2D eigenvalue weighted by molar-refractivity contribution is -0.115. The second-order valence-electron chi connectivity index (χ2n) is 4.17. The van der Waals surface area contributed by atoms with E-state index in [4.69, 9.17) is 9.05 Å². The van der Waals surface area contributed by atoms with Gasteiger partial charge in [-0.25, -0.2) is 14.0 Å². The van der Waals surface area contributed by atoms with E-state index >= 15 is 0 Å². The summed E-state index contributed by atoms with van der Waals surface area (Å²) in [7, 11) is -2.51. The maximum atomic E-state index is 12.8. The van der Waals surface area contributed by atoms with Crippen LogP contribution in [0.15, 0.2) is 24.3 Å². The van der Waals surface area contributed by atoms with Crippen molar-refractivity contribution in [3.63, 3.8) is 0 Å². The molecule has 0 aliphatic heterocycles. The summed E-state index contributed by atoms with van der Waals surface area (Å²) in [5.41, 5.74) is 0.628. The minimum absolute atomic E-state index is 0.126. The minimum Gasteiger partial charge on any atom is -0.465 e. The maximum Gasteiger partial charge on any atom is 0.442 e.